The molecule has 0 heterocycles. The summed E-state index contributed by atoms with van der Waals surface area (Å²) in [5, 5.41) is 9.39. The first kappa shape index (κ1) is 15.5. The number of hydrogen-bond donors (Lipinski definition) is 1. The van der Waals surface area contributed by atoms with Crippen molar-refractivity contribution < 1.29 is 9.90 Å². The predicted octanol–water partition coefficient (Wildman–Crippen LogP) is 4.54. The van der Waals surface area contributed by atoms with E-state index < -0.39 is 11.9 Å². The van der Waals surface area contributed by atoms with Gasteiger partial charge in [0.2, 0.25) is 0 Å². The molecule has 0 saturated carbocycles. The first-order valence-electron chi connectivity index (χ1n) is 6.26. The fourth-order valence-corrected chi connectivity index (χ4v) is 2.68. The van der Waals surface area contributed by atoms with Gasteiger partial charge in [-0.15, -0.1) is 0 Å². The average Bonchev–Trinajstić information content (AvgIpc) is 2.42. The van der Waals surface area contributed by atoms with Crippen LogP contribution in [0.4, 0.5) is 0 Å². The minimum Gasteiger partial charge on any atom is -0.481 e. The number of carbonyl (C=O) groups is 1. The summed E-state index contributed by atoms with van der Waals surface area (Å²) in [4.78, 5) is 11.4. The molecule has 1 N–H and O–H groups in total. The SMILES string of the molecule is O=C(O)C(Cc1ccc(Br)cc1)Cc1ccc(I)cc1. The highest BCUT2D eigenvalue weighted by atomic mass is 127. The van der Waals surface area contributed by atoms with E-state index in [2.05, 4.69) is 38.5 Å². The monoisotopic (exact) mass is 444 g/mol. The van der Waals surface area contributed by atoms with E-state index >= 15 is 0 Å². The minimum absolute atomic E-state index is 0.392. The van der Waals surface area contributed by atoms with Gasteiger partial charge in [0.25, 0.3) is 0 Å². The zero-order valence-electron chi connectivity index (χ0n) is 10.7. The Hall–Kier alpha value is -0.880. The maximum absolute atomic E-state index is 11.4. The molecule has 2 nitrogen and oxygen atoms in total. The number of benzene rings is 2. The second-order valence-electron chi connectivity index (χ2n) is 4.70. The predicted molar refractivity (Wildman–Crippen MR) is 91.8 cm³/mol. The molecule has 2 rings (SSSR count). The molecule has 0 aliphatic heterocycles. The largest absolute Gasteiger partial charge is 0.481 e. The van der Waals surface area contributed by atoms with Crippen LogP contribution in [-0.4, -0.2) is 11.1 Å². The van der Waals surface area contributed by atoms with E-state index in [1.807, 2.05) is 48.5 Å². The van der Waals surface area contributed by atoms with E-state index in [1.54, 1.807) is 0 Å². The number of rotatable bonds is 5. The van der Waals surface area contributed by atoms with E-state index in [-0.39, 0.29) is 0 Å². The molecule has 0 radical (unpaired) electrons. The lowest BCUT2D eigenvalue weighted by atomic mass is 9.93. The van der Waals surface area contributed by atoms with E-state index in [0.717, 1.165) is 19.2 Å². The van der Waals surface area contributed by atoms with Crippen LogP contribution in [0.25, 0.3) is 0 Å². The van der Waals surface area contributed by atoms with Gasteiger partial charge >= 0.3 is 5.97 Å². The molecule has 0 aliphatic rings. The van der Waals surface area contributed by atoms with Crippen LogP contribution in [0, 0.1) is 9.49 Å². The summed E-state index contributed by atoms with van der Waals surface area (Å²) in [7, 11) is 0. The molecule has 0 spiro atoms. The third-order valence-corrected chi connectivity index (χ3v) is 4.39. The Balaban J connectivity index is 2.09. The topological polar surface area (TPSA) is 37.3 Å². The molecule has 0 saturated heterocycles. The standard InChI is InChI=1S/C16H14BrIO2/c17-14-5-1-11(2-6-14)9-13(16(19)20)10-12-3-7-15(18)8-4-12/h1-8,13H,9-10H2,(H,19,20). The molecule has 2 aromatic rings. The molecule has 0 bridgehead atoms. The highest BCUT2D eigenvalue weighted by Gasteiger charge is 2.18. The lowest BCUT2D eigenvalue weighted by molar-refractivity contribution is -0.141. The van der Waals surface area contributed by atoms with Crippen molar-refractivity contribution in [2.24, 2.45) is 5.92 Å². The highest BCUT2D eigenvalue weighted by molar-refractivity contribution is 14.1. The summed E-state index contributed by atoms with van der Waals surface area (Å²) < 4.78 is 2.16. The van der Waals surface area contributed by atoms with Gasteiger partial charge in [0.05, 0.1) is 5.92 Å². The summed E-state index contributed by atoms with van der Waals surface area (Å²) >= 11 is 5.63. The maximum Gasteiger partial charge on any atom is 0.307 e. The van der Waals surface area contributed by atoms with E-state index in [1.165, 1.54) is 0 Å². The molecular formula is C16H14BrIO2. The second-order valence-corrected chi connectivity index (χ2v) is 6.86. The van der Waals surface area contributed by atoms with Gasteiger partial charge in [-0.1, -0.05) is 40.2 Å². The van der Waals surface area contributed by atoms with Gasteiger partial charge in [0.1, 0.15) is 0 Å². The van der Waals surface area contributed by atoms with Crippen molar-refractivity contribution in [1.82, 2.24) is 0 Å². The normalized spacial score (nSPS) is 12.1. The quantitative estimate of drug-likeness (QED) is 0.687. The van der Waals surface area contributed by atoms with Crippen molar-refractivity contribution in [3.05, 3.63) is 67.7 Å². The molecule has 0 amide bonds. The molecule has 20 heavy (non-hydrogen) atoms. The highest BCUT2D eigenvalue weighted by Crippen LogP contribution is 2.18. The summed E-state index contributed by atoms with van der Waals surface area (Å²) in [5.74, 6) is -1.14. The van der Waals surface area contributed by atoms with Crippen LogP contribution in [0.15, 0.2) is 53.0 Å². The fourth-order valence-electron chi connectivity index (χ4n) is 2.06. The Kier molecular flexibility index (Phi) is 5.60. The van der Waals surface area contributed by atoms with Gasteiger partial charge in [-0.2, -0.15) is 0 Å². The van der Waals surface area contributed by atoms with Crippen LogP contribution >= 0.6 is 38.5 Å². The lowest BCUT2D eigenvalue weighted by Gasteiger charge is -2.13. The number of aliphatic carboxylic acids is 1. The van der Waals surface area contributed by atoms with Crippen molar-refractivity contribution in [3.63, 3.8) is 0 Å². The summed E-state index contributed by atoms with van der Waals surface area (Å²) in [5.41, 5.74) is 2.11. The third kappa shape index (κ3) is 4.59. The zero-order valence-corrected chi connectivity index (χ0v) is 14.5. The van der Waals surface area contributed by atoms with Crippen LogP contribution in [0.2, 0.25) is 0 Å². The first-order chi connectivity index (χ1) is 9.54. The van der Waals surface area contributed by atoms with Crippen LogP contribution < -0.4 is 0 Å². The summed E-state index contributed by atoms with van der Waals surface area (Å²) in [6.07, 6.45) is 1.11. The molecule has 0 aromatic heterocycles. The van der Waals surface area contributed by atoms with Crippen molar-refractivity contribution in [3.8, 4) is 0 Å². The molecule has 0 fully saturated rings. The smallest absolute Gasteiger partial charge is 0.307 e. The Morgan fingerprint density at radius 1 is 1.00 bits per heavy atom. The van der Waals surface area contributed by atoms with Gasteiger partial charge in [-0.3, -0.25) is 4.79 Å². The molecule has 1 atom stereocenters. The average molecular weight is 445 g/mol. The molecule has 1 unspecified atom stereocenters. The van der Waals surface area contributed by atoms with E-state index in [0.29, 0.717) is 12.8 Å². The van der Waals surface area contributed by atoms with Gasteiger partial charge < -0.3 is 5.11 Å². The van der Waals surface area contributed by atoms with Crippen molar-refractivity contribution in [2.75, 3.05) is 0 Å². The Bertz CT molecular complexity index is 531. The van der Waals surface area contributed by atoms with Gasteiger partial charge in [-0.25, -0.2) is 0 Å². The zero-order chi connectivity index (χ0) is 14.5. The van der Waals surface area contributed by atoms with Gasteiger partial charge in [0, 0.05) is 8.04 Å². The van der Waals surface area contributed by atoms with Crippen LogP contribution in [0.3, 0.4) is 0 Å². The summed E-state index contributed by atoms with van der Waals surface area (Å²) in [6.45, 7) is 0. The minimum atomic E-state index is -0.744. The number of hydrogen-bond acceptors (Lipinski definition) is 1. The molecule has 104 valence electrons. The number of halogens is 2. The van der Waals surface area contributed by atoms with Crippen LogP contribution in [0.5, 0.6) is 0 Å². The van der Waals surface area contributed by atoms with Crippen molar-refractivity contribution in [2.45, 2.75) is 12.8 Å². The fraction of sp³-hybridized carbons (Fsp3) is 0.188. The second kappa shape index (κ2) is 7.22. The number of carboxylic acids is 1. The first-order valence-corrected chi connectivity index (χ1v) is 8.13. The Morgan fingerprint density at radius 3 is 1.90 bits per heavy atom. The van der Waals surface area contributed by atoms with Crippen molar-refractivity contribution in [1.29, 1.82) is 0 Å². The van der Waals surface area contributed by atoms with E-state index in [4.69, 9.17) is 0 Å². The van der Waals surface area contributed by atoms with E-state index in [9.17, 15) is 9.90 Å². The Labute approximate surface area is 140 Å². The van der Waals surface area contributed by atoms with Gasteiger partial charge in [0.15, 0.2) is 0 Å². The molecule has 2 aromatic carbocycles. The molecule has 0 aliphatic carbocycles. The van der Waals surface area contributed by atoms with Gasteiger partial charge in [-0.05, 0) is 70.8 Å². The molecular weight excluding hydrogens is 431 g/mol. The summed E-state index contributed by atoms with van der Waals surface area (Å²) in [6, 6.07) is 15.8. The lowest BCUT2D eigenvalue weighted by Crippen LogP contribution is -2.19. The maximum atomic E-state index is 11.4. The Morgan fingerprint density at radius 2 is 1.45 bits per heavy atom. The third-order valence-electron chi connectivity index (χ3n) is 3.14. The number of carboxylic acid groups (broad SMARTS) is 1. The van der Waals surface area contributed by atoms with Crippen LogP contribution in [-0.2, 0) is 17.6 Å². The van der Waals surface area contributed by atoms with Crippen LogP contribution in [0.1, 0.15) is 11.1 Å². The van der Waals surface area contributed by atoms with Crippen molar-refractivity contribution >= 4 is 44.5 Å². The molecule has 4 heteroatoms.